The number of primary amides is 1. The first-order chi connectivity index (χ1) is 21.3. The number of aliphatic imine (C=N–C) groups is 1. The summed E-state index contributed by atoms with van der Waals surface area (Å²) in [6.45, 7) is 5.32. The molecule has 1 aliphatic carbocycles. The van der Waals surface area contributed by atoms with Gasteiger partial charge in [-0.05, 0) is 56.4 Å². The van der Waals surface area contributed by atoms with Crippen molar-refractivity contribution in [3.8, 4) is 0 Å². The van der Waals surface area contributed by atoms with Gasteiger partial charge in [0.1, 0.15) is 17.6 Å². The molecule has 1 aromatic rings. The average molecular weight is 719 g/mol. The van der Waals surface area contributed by atoms with Crippen LogP contribution in [0.4, 0.5) is 0 Å². The summed E-state index contributed by atoms with van der Waals surface area (Å²) in [6, 6.07) is 5.92. The quantitative estimate of drug-likeness (QED) is 0.0420. The molecule has 11 N–H and O–H groups in total. The van der Waals surface area contributed by atoms with Crippen LogP contribution in [0.15, 0.2) is 35.3 Å². The van der Waals surface area contributed by atoms with E-state index in [1.165, 1.54) is 6.92 Å². The third kappa shape index (κ3) is 15.1. The van der Waals surface area contributed by atoms with Crippen molar-refractivity contribution in [2.24, 2.45) is 28.1 Å². The second-order valence-corrected chi connectivity index (χ2v) is 11.1. The van der Waals surface area contributed by atoms with Crippen molar-refractivity contribution in [2.45, 2.75) is 95.8 Å². The van der Waals surface area contributed by atoms with Crippen LogP contribution in [0.5, 0.6) is 0 Å². The molecule has 1 aliphatic rings. The van der Waals surface area contributed by atoms with E-state index in [4.69, 9.17) is 22.0 Å². The largest absolute Gasteiger partial charge is 0.666 e. The van der Waals surface area contributed by atoms with E-state index in [-0.39, 0.29) is 70.4 Å². The summed E-state index contributed by atoms with van der Waals surface area (Å²) in [7, 11) is 0. The van der Waals surface area contributed by atoms with E-state index >= 15 is 0 Å². The number of carbonyl (C=O) groups excluding carboxylic acids is 6. The van der Waals surface area contributed by atoms with E-state index < -0.39 is 47.3 Å². The molecule has 1 fully saturated rings. The fourth-order valence-corrected chi connectivity index (χ4v) is 5.03. The summed E-state index contributed by atoms with van der Waals surface area (Å²) < 4.78 is 0. The van der Waals surface area contributed by atoms with Crippen LogP contribution >= 0.6 is 0 Å². The van der Waals surface area contributed by atoms with Gasteiger partial charge in [-0.3, -0.25) is 24.2 Å². The predicted molar refractivity (Wildman–Crippen MR) is 170 cm³/mol. The minimum absolute atomic E-state index is 0. The number of amides is 6. The van der Waals surface area contributed by atoms with Crippen molar-refractivity contribution in [2.75, 3.05) is 6.54 Å². The monoisotopic (exact) mass is 718 g/mol. The fraction of sp³-hybridized carbons (Fsp3) is 0.567. The topological polar surface area (TPSA) is 265 Å². The maximum atomic E-state index is 13.7. The predicted octanol–water partition coefficient (Wildman–Crippen LogP) is -0.179. The Kier molecular flexibility index (Phi) is 20.3. The molecule has 0 heterocycles. The van der Waals surface area contributed by atoms with Gasteiger partial charge in [0, 0.05) is 52.6 Å². The molecule has 3 atom stereocenters. The molecule has 0 aromatic heterocycles. The van der Waals surface area contributed by atoms with Crippen molar-refractivity contribution in [3.05, 3.63) is 41.6 Å². The number of guanidine groups is 1. The Morgan fingerprint density at radius 1 is 1.00 bits per heavy atom. The number of hydrogen-bond acceptors (Lipinski definition) is 7. The fourth-order valence-electron chi connectivity index (χ4n) is 5.03. The molecule has 0 saturated heterocycles. The number of hydrogen-bond donors (Lipinski definition) is 7. The second-order valence-electron chi connectivity index (χ2n) is 11.1. The molecule has 16 heteroatoms. The van der Waals surface area contributed by atoms with Gasteiger partial charge in [-0.2, -0.15) is 6.41 Å². The summed E-state index contributed by atoms with van der Waals surface area (Å²) >= 11 is 0. The second kappa shape index (κ2) is 22.0. The molecule has 1 aromatic carbocycles. The van der Waals surface area contributed by atoms with Crippen LogP contribution in [-0.4, -0.2) is 72.1 Å². The van der Waals surface area contributed by atoms with E-state index in [2.05, 4.69) is 38.9 Å². The summed E-state index contributed by atoms with van der Waals surface area (Å²) in [6.07, 6.45) is 4.18. The summed E-state index contributed by atoms with van der Waals surface area (Å²) in [5.41, 5.74) is 21.9. The number of nitrogens with two attached hydrogens (primary N) is 3. The molecule has 0 aliphatic heterocycles. The van der Waals surface area contributed by atoms with E-state index in [0.29, 0.717) is 25.2 Å². The molecule has 0 spiro atoms. The van der Waals surface area contributed by atoms with Gasteiger partial charge < -0.3 is 53.8 Å². The third-order valence-corrected chi connectivity index (χ3v) is 7.50. The van der Waals surface area contributed by atoms with Crippen molar-refractivity contribution >= 4 is 41.9 Å². The van der Waals surface area contributed by atoms with E-state index in [0.717, 1.165) is 24.8 Å². The smallest absolute Gasteiger partial charge is 0.246 e. The molecule has 46 heavy (non-hydrogen) atoms. The molecule has 253 valence electrons. The molecule has 1 radical (unpaired) electrons. The number of nitrogens with one attached hydrogen (secondary N) is 5. The van der Waals surface area contributed by atoms with Crippen LogP contribution in [0.25, 0.3) is 5.73 Å². The minimum atomic E-state index is -1.15. The summed E-state index contributed by atoms with van der Waals surface area (Å²) in [5.74, 6) is -2.69. The number of rotatable bonds is 15. The van der Waals surface area contributed by atoms with Crippen molar-refractivity contribution < 1.29 is 61.5 Å². The first-order valence-electron chi connectivity index (χ1n) is 14.9. The van der Waals surface area contributed by atoms with Crippen molar-refractivity contribution in [3.63, 3.8) is 0 Å². The zero-order valence-corrected chi connectivity index (χ0v) is 29.6. The Morgan fingerprint density at radius 2 is 1.54 bits per heavy atom. The first kappa shape index (κ1) is 42.4. The molecule has 0 unspecified atom stereocenters. The summed E-state index contributed by atoms with van der Waals surface area (Å²) in [5, 5.41) is 10.9. The molecular weight excluding hydrogens is 671 g/mol. The SMILES string of the molecule is CC[C@H](NC(=O)[C@H](CCCN=C(N)N)NC(=O)[C@@H](Cc1ccccc1)NC(=O)C1(NC(C)=O)CCC(C)CC1)C([NH-])=O.N[C-]=O.[Y]. The van der Waals surface area contributed by atoms with Crippen LogP contribution in [0.1, 0.15) is 71.3 Å². The van der Waals surface area contributed by atoms with Crippen molar-refractivity contribution in [1.82, 2.24) is 21.3 Å². The Labute approximate surface area is 295 Å². The van der Waals surface area contributed by atoms with Gasteiger partial charge in [0.25, 0.3) is 0 Å². The average Bonchev–Trinajstić information content (AvgIpc) is 2.98. The molecule has 2 rings (SSSR count). The Bertz CT molecular complexity index is 1170. The Hall–Kier alpha value is -3.59. The Morgan fingerprint density at radius 3 is 2.04 bits per heavy atom. The van der Waals surface area contributed by atoms with Crippen LogP contribution in [0.3, 0.4) is 0 Å². The molecule has 15 nitrogen and oxygen atoms in total. The minimum Gasteiger partial charge on any atom is -0.666 e. The first-order valence-corrected chi connectivity index (χ1v) is 14.9. The van der Waals surface area contributed by atoms with Gasteiger partial charge in [0.15, 0.2) is 5.96 Å². The van der Waals surface area contributed by atoms with Gasteiger partial charge in [0.05, 0.1) is 11.9 Å². The Balaban J connectivity index is 0.00000486. The van der Waals surface area contributed by atoms with E-state index in [1.807, 2.05) is 30.3 Å². The third-order valence-electron chi connectivity index (χ3n) is 7.50. The van der Waals surface area contributed by atoms with Crippen molar-refractivity contribution in [1.29, 1.82) is 0 Å². The van der Waals surface area contributed by atoms with Crippen LogP contribution in [-0.2, 0) is 67.9 Å². The standard InChI is InChI=1S/C29H46N8O5.CH2NO.Y/c1-4-21(24(30)39)34-25(40)22(11-8-16-33-28(31)32)35-26(41)23(17-20-9-6-5-7-10-20)36-27(42)29(37-19(3)38)14-12-18(2)13-15-29;2-1-3;/h5-7,9-10,18,21-23H,4,8,11-17H2,1-3H3,(H10,30,31,32,33,34,35,36,37,38,39,40,41,42);(H2,2,3);/q;-1;/p-1/t18?,21-,22-,23+,29?;;/m0../s1. The maximum Gasteiger partial charge on any atom is 0.246 e. The van der Waals surface area contributed by atoms with Gasteiger partial charge in [-0.25, -0.2) is 0 Å². The number of benzene rings is 1. The van der Waals surface area contributed by atoms with E-state index in [9.17, 15) is 24.0 Å². The normalized spacial score (nSPS) is 18.7. The van der Waals surface area contributed by atoms with Crippen LogP contribution in [0.2, 0.25) is 0 Å². The van der Waals surface area contributed by atoms with E-state index in [1.54, 1.807) is 6.92 Å². The zero-order chi connectivity index (χ0) is 34.0. The zero-order valence-electron chi connectivity index (χ0n) is 26.8. The van der Waals surface area contributed by atoms with Gasteiger partial charge in [-0.15, -0.1) is 0 Å². The van der Waals surface area contributed by atoms with Gasteiger partial charge in [0.2, 0.25) is 23.6 Å². The molecule has 6 amide bonds. The number of nitrogens with zero attached hydrogens (tertiary/aromatic N) is 1. The molecule has 0 bridgehead atoms. The summed E-state index contributed by atoms with van der Waals surface area (Å²) in [4.78, 5) is 76.7. The maximum absolute atomic E-state index is 13.7. The van der Waals surface area contributed by atoms with Gasteiger partial charge in [-0.1, -0.05) is 44.2 Å². The number of carbonyl (C=O) groups is 5. The van der Waals surface area contributed by atoms with Crippen LogP contribution < -0.4 is 38.5 Å². The van der Waals surface area contributed by atoms with Crippen LogP contribution in [0, 0.1) is 5.92 Å². The molecule has 1 saturated carbocycles. The molecular formula is C30H47N9O6Y-2. The van der Waals surface area contributed by atoms with Gasteiger partial charge >= 0.3 is 0 Å².